The van der Waals surface area contributed by atoms with Crippen molar-refractivity contribution in [2.75, 3.05) is 11.9 Å². The molecule has 2 aromatic rings. The molecule has 0 unspecified atom stereocenters. The topological polar surface area (TPSA) is 68.3 Å². The molecule has 0 saturated heterocycles. The molecule has 0 atom stereocenters. The van der Waals surface area contributed by atoms with Crippen LogP contribution in [0.15, 0.2) is 41.0 Å². The van der Waals surface area contributed by atoms with E-state index >= 15 is 0 Å². The fraction of sp³-hybridized carbons (Fsp3) is 0.133. The van der Waals surface area contributed by atoms with Crippen LogP contribution in [0.4, 0.5) is 5.82 Å². The number of amides is 1. The third kappa shape index (κ3) is 5.82. The maximum absolute atomic E-state index is 11.7. The van der Waals surface area contributed by atoms with E-state index in [-0.39, 0.29) is 17.3 Å². The summed E-state index contributed by atoms with van der Waals surface area (Å²) in [5.41, 5.74) is 0.793. The first-order chi connectivity index (χ1) is 10.9. The Bertz CT molecular complexity index is 723. The number of halogens is 3. The third-order valence-corrected chi connectivity index (χ3v) is 3.72. The van der Waals surface area contributed by atoms with Crippen LogP contribution in [-0.2, 0) is 20.7 Å². The van der Waals surface area contributed by atoms with Gasteiger partial charge in [0.25, 0.3) is 5.91 Å². The van der Waals surface area contributed by atoms with E-state index in [0.29, 0.717) is 5.02 Å². The van der Waals surface area contributed by atoms with Gasteiger partial charge >= 0.3 is 5.97 Å². The zero-order valence-corrected chi connectivity index (χ0v) is 14.8. The normalized spacial score (nSPS) is 10.2. The first kappa shape index (κ1) is 17.7. The van der Waals surface area contributed by atoms with E-state index in [2.05, 4.69) is 26.2 Å². The molecule has 0 bridgehead atoms. The number of hydrogen-bond acceptors (Lipinski definition) is 4. The zero-order valence-electron chi connectivity index (χ0n) is 11.7. The monoisotopic (exact) mass is 416 g/mol. The van der Waals surface area contributed by atoms with Crippen LogP contribution in [0.2, 0.25) is 10.0 Å². The van der Waals surface area contributed by atoms with E-state index in [4.69, 9.17) is 27.9 Å². The molecular weight excluding hydrogens is 407 g/mol. The second-order valence-corrected chi connectivity index (χ2v) is 6.26. The number of hydrogen-bond donors (Lipinski definition) is 1. The molecule has 1 aromatic carbocycles. The lowest BCUT2D eigenvalue weighted by Gasteiger charge is -2.07. The molecule has 0 saturated carbocycles. The van der Waals surface area contributed by atoms with Gasteiger partial charge in [-0.25, -0.2) is 4.98 Å². The van der Waals surface area contributed by atoms with Gasteiger partial charge < -0.3 is 10.1 Å². The molecule has 23 heavy (non-hydrogen) atoms. The molecule has 2 rings (SSSR count). The Kier molecular flexibility index (Phi) is 6.38. The molecule has 1 N–H and O–H groups in total. The minimum absolute atomic E-state index is 0.0838. The Hall–Kier alpha value is -1.63. The molecule has 8 heteroatoms. The van der Waals surface area contributed by atoms with Crippen LogP contribution in [0.25, 0.3) is 0 Å². The van der Waals surface area contributed by atoms with Crippen LogP contribution in [0, 0.1) is 0 Å². The van der Waals surface area contributed by atoms with Gasteiger partial charge in [-0.15, -0.1) is 0 Å². The van der Waals surface area contributed by atoms with E-state index in [0.717, 1.165) is 10.0 Å². The standard InChI is InChI=1S/C15H11BrCl2N2O3/c16-10-3-1-9(2-4-10)5-14(22)23-8-13(21)20-15-12(18)6-11(17)7-19-15/h1-4,6-7H,5,8H2,(H,19,20,21). The Balaban J connectivity index is 1.81. The molecule has 1 amide bonds. The fourth-order valence-corrected chi connectivity index (χ4v) is 2.33. The maximum Gasteiger partial charge on any atom is 0.310 e. The number of carbonyl (C=O) groups is 2. The second kappa shape index (κ2) is 8.29. The van der Waals surface area contributed by atoms with Gasteiger partial charge in [0, 0.05) is 10.7 Å². The molecule has 0 aliphatic rings. The Morgan fingerprint density at radius 1 is 1.22 bits per heavy atom. The van der Waals surface area contributed by atoms with Gasteiger partial charge in [-0.1, -0.05) is 51.3 Å². The molecule has 1 heterocycles. The predicted molar refractivity (Wildman–Crippen MR) is 91.7 cm³/mol. The van der Waals surface area contributed by atoms with Crippen molar-refractivity contribution < 1.29 is 14.3 Å². The van der Waals surface area contributed by atoms with Crippen molar-refractivity contribution in [1.29, 1.82) is 0 Å². The number of nitrogens with one attached hydrogen (secondary N) is 1. The van der Waals surface area contributed by atoms with Gasteiger partial charge in [0.15, 0.2) is 12.4 Å². The molecule has 0 fully saturated rings. The number of pyridine rings is 1. The van der Waals surface area contributed by atoms with Crippen molar-refractivity contribution in [3.8, 4) is 0 Å². The highest BCUT2D eigenvalue weighted by atomic mass is 79.9. The molecular formula is C15H11BrCl2N2O3. The summed E-state index contributed by atoms with van der Waals surface area (Å²) in [7, 11) is 0. The Labute approximate surface area is 151 Å². The summed E-state index contributed by atoms with van der Waals surface area (Å²) < 4.78 is 5.83. The number of aromatic nitrogens is 1. The van der Waals surface area contributed by atoms with Crippen LogP contribution in [0.3, 0.4) is 0 Å². The van der Waals surface area contributed by atoms with Crippen LogP contribution in [0.1, 0.15) is 5.56 Å². The molecule has 1 aromatic heterocycles. The van der Waals surface area contributed by atoms with Crippen molar-refractivity contribution in [3.63, 3.8) is 0 Å². The highest BCUT2D eigenvalue weighted by Gasteiger charge is 2.11. The van der Waals surface area contributed by atoms with E-state index in [1.54, 1.807) is 12.1 Å². The largest absolute Gasteiger partial charge is 0.455 e. The number of anilines is 1. The second-order valence-electron chi connectivity index (χ2n) is 4.50. The lowest BCUT2D eigenvalue weighted by atomic mass is 10.2. The number of esters is 1. The number of ether oxygens (including phenoxy) is 1. The van der Waals surface area contributed by atoms with Crippen LogP contribution >= 0.6 is 39.1 Å². The summed E-state index contributed by atoms with van der Waals surface area (Å²) in [6.07, 6.45) is 1.43. The summed E-state index contributed by atoms with van der Waals surface area (Å²) in [4.78, 5) is 27.3. The quantitative estimate of drug-likeness (QED) is 0.749. The fourth-order valence-electron chi connectivity index (χ4n) is 1.64. The summed E-state index contributed by atoms with van der Waals surface area (Å²) in [6.45, 7) is -0.421. The van der Waals surface area contributed by atoms with Crippen molar-refractivity contribution in [2.24, 2.45) is 0 Å². The van der Waals surface area contributed by atoms with E-state index in [9.17, 15) is 9.59 Å². The van der Waals surface area contributed by atoms with Gasteiger partial charge in [0.05, 0.1) is 16.5 Å². The molecule has 120 valence electrons. The number of nitrogens with zero attached hydrogens (tertiary/aromatic N) is 1. The van der Waals surface area contributed by atoms with Crippen molar-refractivity contribution in [2.45, 2.75) is 6.42 Å². The number of rotatable bonds is 5. The third-order valence-electron chi connectivity index (χ3n) is 2.69. The van der Waals surface area contributed by atoms with Gasteiger partial charge in [0.1, 0.15) is 0 Å². The molecule has 0 spiro atoms. The van der Waals surface area contributed by atoms with Crippen LogP contribution in [-0.4, -0.2) is 23.5 Å². The summed E-state index contributed by atoms with van der Waals surface area (Å²) in [5, 5.41) is 3.00. The van der Waals surface area contributed by atoms with Crippen molar-refractivity contribution in [3.05, 3.63) is 56.6 Å². The lowest BCUT2D eigenvalue weighted by molar-refractivity contribution is -0.146. The van der Waals surface area contributed by atoms with Gasteiger partial charge in [-0.2, -0.15) is 0 Å². The summed E-state index contributed by atoms with van der Waals surface area (Å²) in [5.74, 6) is -0.881. The first-order valence-corrected chi connectivity index (χ1v) is 8.00. The smallest absolute Gasteiger partial charge is 0.310 e. The van der Waals surface area contributed by atoms with Crippen LogP contribution < -0.4 is 5.32 Å². The Morgan fingerprint density at radius 3 is 2.57 bits per heavy atom. The lowest BCUT2D eigenvalue weighted by Crippen LogP contribution is -2.22. The van der Waals surface area contributed by atoms with Gasteiger partial charge in [-0.05, 0) is 23.8 Å². The maximum atomic E-state index is 11.7. The number of benzene rings is 1. The summed E-state index contributed by atoms with van der Waals surface area (Å²) in [6, 6.07) is 8.68. The predicted octanol–water partition coefficient (Wildman–Crippen LogP) is 3.88. The van der Waals surface area contributed by atoms with E-state index in [1.807, 2.05) is 12.1 Å². The Morgan fingerprint density at radius 2 is 1.91 bits per heavy atom. The molecule has 0 aliphatic carbocycles. The molecule has 5 nitrogen and oxygen atoms in total. The van der Waals surface area contributed by atoms with Crippen molar-refractivity contribution >= 4 is 56.8 Å². The average molecular weight is 418 g/mol. The SMILES string of the molecule is O=C(COC(=O)Cc1ccc(Br)cc1)Nc1ncc(Cl)cc1Cl. The highest BCUT2D eigenvalue weighted by Crippen LogP contribution is 2.22. The minimum atomic E-state index is -0.536. The molecule has 0 aliphatic heterocycles. The molecule has 0 radical (unpaired) electrons. The number of carbonyl (C=O) groups excluding carboxylic acids is 2. The van der Waals surface area contributed by atoms with Crippen molar-refractivity contribution in [1.82, 2.24) is 4.98 Å². The summed E-state index contributed by atoms with van der Waals surface area (Å²) >= 11 is 14.9. The average Bonchev–Trinajstić information content (AvgIpc) is 2.50. The zero-order chi connectivity index (χ0) is 16.8. The minimum Gasteiger partial charge on any atom is -0.455 e. The van der Waals surface area contributed by atoms with E-state index < -0.39 is 18.5 Å². The highest BCUT2D eigenvalue weighted by molar-refractivity contribution is 9.10. The van der Waals surface area contributed by atoms with Crippen LogP contribution in [0.5, 0.6) is 0 Å². The van der Waals surface area contributed by atoms with E-state index in [1.165, 1.54) is 12.3 Å². The first-order valence-electron chi connectivity index (χ1n) is 6.45. The van der Waals surface area contributed by atoms with Gasteiger partial charge in [-0.3, -0.25) is 9.59 Å². The van der Waals surface area contributed by atoms with Gasteiger partial charge in [0.2, 0.25) is 0 Å².